The monoisotopic (exact) mass is 363 g/mol. The van der Waals surface area contributed by atoms with Gasteiger partial charge in [0.2, 0.25) is 0 Å². The molecule has 24 heavy (non-hydrogen) atoms. The number of nitrogens with one attached hydrogen (secondary N) is 1. The fourth-order valence-corrected chi connectivity index (χ4v) is 3.28. The Bertz CT molecular complexity index is 676. The summed E-state index contributed by atoms with van der Waals surface area (Å²) >= 11 is 7.87. The zero-order valence-electron chi connectivity index (χ0n) is 13.9. The lowest BCUT2D eigenvalue weighted by Gasteiger charge is -2.14. The molecule has 5 heteroatoms. The van der Waals surface area contributed by atoms with Gasteiger partial charge in [-0.2, -0.15) is 11.8 Å². The second-order valence-corrected chi connectivity index (χ2v) is 7.08. The minimum atomic E-state index is -0.107. The molecule has 1 N–H and O–H groups in total. The van der Waals surface area contributed by atoms with Crippen LogP contribution in [0.15, 0.2) is 48.5 Å². The molecule has 0 fully saturated rings. The van der Waals surface area contributed by atoms with Crippen LogP contribution in [0.3, 0.4) is 0 Å². The van der Waals surface area contributed by atoms with Crippen molar-refractivity contribution in [2.75, 3.05) is 12.3 Å². The predicted octanol–water partition coefficient (Wildman–Crippen LogP) is 4.79. The summed E-state index contributed by atoms with van der Waals surface area (Å²) in [5, 5.41) is 3.73. The van der Waals surface area contributed by atoms with Crippen molar-refractivity contribution in [1.29, 1.82) is 0 Å². The van der Waals surface area contributed by atoms with E-state index in [-0.39, 0.29) is 12.0 Å². The summed E-state index contributed by atoms with van der Waals surface area (Å²) in [6.07, 6.45) is 0.0325. The lowest BCUT2D eigenvalue weighted by atomic mass is 10.2. The molecule has 0 aromatic heterocycles. The first-order valence-corrected chi connectivity index (χ1v) is 9.46. The summed E-state index contributed by atoms with van der Waals surface area (Å²) < 4.78 is 5.68. The highest BCUT2D eigenvalue weighted by molar-refractivity contribution is 7.98. The van der Waals surface area contributed by atoms with Crippen LogP contribution < -0.4 is 10.1 Å². The largest absolute Gasteiger partial charge is 0.490 e. The van der Waals surface area contributed by atoms with Gasteiger partial charge in [-0.05, 0) is 37.6 Å². The highest BCUT2D eigenvalue weighted by Crippen LogP contribution is 2.21. The van der Waals surface area contributed by atoms with Crippen LogP contribution in [-0.4, -0.2) is 24.3 Å². The summed E-state index contributed by atoms with van der Waals surface area (Å²) in [7, 11) is 0. The molecule has 0 spiro atoms. The third kappa shape index (κ3) is 5.77. The van der Waals surface area contributed by atoms with Gasteiger partial charge in [0.05, 0.1) is 11.7 Å². The summed E-state index contributed by atoms with van der Waals surface area (Å²) in [6, 6.07) is 15.1. The number of amides is 1. The molecule has 1 amide bonds. The molecule has 0 saturated carbocycles. The Kier molecular flexibility index (Phi) is 7.47. The van der Waals surface area contributed by atoms with Gasteiger partial charge in [0.25, 0.3) is 5.91 Å². The van der Waals surface area contributed by atoms with Gasteiger partial charge in [-0.3, -0.25) is 4.79 Å². The van der Waals surface area contributed by atoms with Crippen molar-refractivity contribution in [1.82, 2.24) is 5.32 Å². The van der Waals surface area contributed by atoms with Crippen LogP contribution in [-0.2, 0) is 5.75 Å². The smallest absolute Gasteiger partial charge is 0.255 e. The first-order chi connectivity index (χ1) is 11.6. The summed E-state index contributed by atoms with van der Waals surface area (Å²) in [4.78, 5) is 12.3. The number of carbonyl (C=O) groups excluding carboxylic acids is 1. The normalized spacial score (nSPS) is 10.7. The van der Waals surface area contributed by atoms with Crippen molar-refractivity contribution >= 4 is 29.3 Å². The molecule has 0 aliphatic heterocycles. The SMILES string of the molecule is CC(C)Oc1ccccc1C(=O)NCCSCc1ccccc1Cl. The first-order valence-electron chi connectivity index (χ1n) is 7.93. The molecule has 0 unspecified atom stereocenters. The van der Waals surface area contributed by atoms with Crippen molar-refractivity contribution in [3.63, 3.8) is 0 Å². The Balaban J connectivity index is 1.78. The molecule has 0 atom stereocenters. The van der Waals surface area contributed by atoms with Gasteiger partial charge in [-0.1, -0.05) is 41.9 Å². The summed E-state index contributed by atoms with van der Waals surface area (Å²) in [5.74, 6) is 2.17. The minimum Gasteiger partial charge on any atom is -0.490 e. The number of hydrogen-bond donors (Lipinski definition) is 1. The average molecular weight is 364 g/mol. The van der Waals surface area contributed by atoms with Crippen molar-refractivity contribution in [3.8, 4) is 5.75 Å². The van der Waals surface area contributed by atoms with E-state index in [1.165, 1.54) is 0 Å². The minimum absolute atomic E-state index is 0.0325. The van der Waals surface area contributed by atoms with Gasteiger partial charge in [0.15, 0.2) is 0 Å². The number of ether oxygens (including phenoxy) is 1. The van der Waals surface area contributed by atoms with Crippen LogP contribution in [0.4, 0.5) is 0 Å². The highest BCUT2D eigenvalue weighted by atomic mass is 35.5. The molecule has 128 valence electrons. The maximum absolute atomic E-state index is 12.3. The Labute approximate surface area is 152 Å². The van der Waals surface area contributed by atoms with E-state index < -0.39 is 0 Å². The van der Waals surface area contributed by atoms with Crippen LogP contribution in [0.5, 0.6) is 5.75 Å². The van der Waals surface area contributed by atoms with E-state index in [0.29, 0.717) is 17.9 Å². The summed E-state index contributed by atoms with van der Waals surface area (Å²) in [5.41, 5.74) is 1.69. The van der Waals surface area contributed by atoms with E-state index in [0.717, 1.165) is 22.1 Å². The van der Waals surface area contributed by atoms with Gasteiger partial charge < -0.3 is 10.1 Å². The molecule has 2 rings (SSSR count). The Morgan fingerprint density at radius 1 is 1.17 bits per heavy atom. The van der Waals surface area contributed by atoms with Gasteiger partial charge in [0, 0.05) is 23.1 Å². The standard InChI is InChI=1S/C19H22ClNO2S/c1-14(2)23-18-10-6-4-8-16(18)19(22)21-11-12-24-13-15-7-3-5-9-17(15)20/h3-10,14H,11-13H2,1-2H3,(H,21,22). The van der Waals surface area contributed by atoms with E-state index in [1.807, 2.05) is 56.3 Å². The molecule has 3 nitrogen and oxygen atoms in total. The van der Waals surface area contributed by atoms with Gasteiger partial charge in [-0.25, -0.2) is 0 Å². The third-order valence-electron chi connectivity index (χ3n) is 3.24. The molecule has 0 aliphatic rings. The number of hydrogen-bond acceptors (Lipinski definition) is 3. The van der Waals surface area contributed by atoms with Gasteiger partial charge in [-0.15, -0.1) is 0 Å². The number of halogens is 1. The molecule has 0 heterocycles. The Morgan fingerprint density at radius 2 is 1.88 bits per heavy atom. The fraction of sp³-hybridized carbons (Fsp3) is 0.316. The lowest BCUT2D eigenvalue weighted by molar-refractivity contribution is 0.0950. The van der Waals surface area contributed by atoms with Crippen molar-refractivity contribution in [2.45, 2.75) is 25.7 Å². The zero-order valence-corrected chi connectivity index (χ0v) is 15.5. The van der Waals surface area contributed by atoms with Gasteiger partial charge >= 0.3 is 0 Å². The third-order valence-corrected chi connectivity index (χ3v) is 4.62. The molecule has 2 aromatic rings. The number of benzene rings is 2. The van der Waals surface area contributed by atoms with Crippen LogP contribution in [0, 0.1) is 0 Å². The number of rotatable bonds is 8. The van der Waals surface area contributed by atoms with Crippen molar-refractivity contribution in [2.24, 2.45) is 0 Å². The van der Waals surface area contributed by atoms with Crippen molar-refractivity contribution < 1.29 is 9.53 Å². The second-order valence-electron chi connectivity index (χ2n) is 5.56. The fourth-order valence-electron chi connectivity index (χ4n) is 2.14. The molecule has 0 saturated heterocycles. The average Bonchev–Trinajstić information content (AvgIpc) is 2.56. The van der Waals surface area contributed by atoms with E-state index in [4.69, 9.17) is 16.3 Å². The van der Waals surface area contributed by atoms with E-state index >= 15 is 0 Å². The van der Waals surface area contributed by atoms with E-state index in [1.54, 1.807) is 17.8 Å². The van der Waals surface area contributed by atoms with Crippen LogP contribution in [0.1, 0.15) is 29.8 Å². The predicted molar refractivity (Wildman–Crippen MR) is 102 cm³/mol. The molecule has 0 aliphatic carbocycles. The molecular weight excluding hydrogens is 342 g/mol. The zero-order chi connectivity index (χ0) is 17.4. The van der Waals surface area contributed by atoms with E-state index in [9.17, 15) is 4.79 Å². The first kappa shape index (κ1) is 18.7. The van der Waals surface area contributed by atoms with Crippen LogP contribution in [0.2, 0.25) is 5.02 Å². The summed E-state index contributed by atoms with van der Waals surface area (Å²) in [6.45, 7) is 4.49. The Morgan fingerprint density at radius 3 is 2.62 bits per heavy atom. The Hall–Kier alpha value is -1.65. The number of para-hydroxylation sites is 1. The van der Waals surface area contributed by atoms with E-state index in [2.05, 4.69) is 5.32 Å². The topological polar surface area (TPSA) is 38.3 Å². The molecule has 0 bridgehead atoms. The maximum Gasteiger partial charge on any atom is 0.255 e. The van der Waals surface area contributed by atoms with Crippen molar-refractivity contribution in [3.05, 3.63) is 64.7 Å². The second kappa shape index (κ2) is 9.60. The quantitative estimate of drug-likeness (QED) is 0.685. The molecular formula is C19H22ClNO2S. The molecule has 0 radical (unpaired) electrons. The number of thioether (sulfide) groups is 1. The maximum atomic E-state index is 12.3. The molecule has 2 aromatic carbocycles. The number of carbonyl (C=O) groups is 1. The van der Waals surface area contributed by atoms with Crippen LogP contribution in [0.25, 0.3) is 0 Å². The van der Waals surface area contributed by atoms with Gasteiger partial charge in [0.1, 0.15) is 5.75 Å². The van der Waals surface area contributed by atoms with Crippen LogP contribution >= 0.6 is 23.4 Å². The lowest BCUT2D eigenvalue weighted by Crippen LogP contribution is -2.26. The highest BCUT2D eigenvalue weighted by Gasteiger charge is 2.12.